The molecule has 0 aliphatic heterocycles. The minimum absolute atomic E-state index is 0.140. The second-order valence-electron chi connectivity index (χ2n) is 5.12. The maximum absolute atomic E-state index is 12.1. The number of ether oxygens (including phenoxy) is 1. The summed E-state index contributed by atoms with van der Waals surface area (Å²) < 4.78 is 6.03. The zero-order valence-electron chi connectivity index (χ0n) is 11.4. The molecule has 0 saturated heterocycles. The van der Waals surface area contributed by atoms with E-state index in [4.69, 9.17) is 4.74 Å². The second kappa shape index (κ2) is 6.38. The molecule has 0 radical (unpaired) electrons. The average molecular weight is 323 g/mol. The fourth-order valence-corrected chi connectivity index (χ4v) is 3.03. The lowest BCUT2D eigenvalue weighted by Crippen LogP contribution is -2.23. The Balaban J connectivity index is 2.33. The van der Waals surface area contributed by atoms with E-state index in [2.05, 4.69) is 28.9 Å². The first kappa shape index (κ1) is 14.3. The molecule has 2 nitrogen and oxygen atoms in total. The van der Waals surface area contributed by atoms with E-state index in [1.165, 1.54) is 12.7 Å². The van der Waals surface area contributed by atoms with Crippen LogP contribution in [0.1, 0.15) is 37.7 Å². The number of hydrogen-bond acceptors (Lipinski definition) is 2. The van der Waals surface area contributed by atoms with E-state index in [0.717, 1.165) is 29.3 Å². The van der Waals surface area contributed by atoms with E-state index < -0.39 is 0 Å². The van der Waals surface area contributed by atoms with Crippen molar-refractivity contribution < 1.29 is 9.53 Å². The van der Waals surface area contributed by atoms with Crippen LogP contribution >= 0.6 is 15.9 Å². The Bertz CT molecular complexity index is 476. The highest BCUT2D eigenvalue weighted by Gasteiger charge is 2.30. The van der Waals surface area contributed by atoms with Gasteiger partial charge in [-0.25, -0.2) is 0 Å². The van der Waals surface area contributed by atoms with Crippen LogP contribution in [-0.2, 0) is 9.53 Å². The smallest absolute Gasteiger partial charge is 0.313 e. The lowest BCUT2D eigenvalue weighted by atomic mass is 9.78. The Kier molecular flexibility index (Phi) is 4.81. The van der Waals surface area contributed by atoms with Crippen LogP contribution in [0.4, 0.5) is 0 Å². The van der Waals surface area contributed by atoms with Crippen LogP contribution in [0, 0.1) is 5.92 Å². The van der Waals surface area contributed by atoms with Crippen molar-refractivity contribution in [3.05, 3.63) is 46.0 Å². The third-order valence-electron chi connectivity index (χ3n) is 3.72. The second-order valence-corrected chi connectivity index (χ2v) is 6.04. The Morgan fingerprint density at radius 3 is 2.63 bits per heavy atom. The first-order valence-corrected chi connectivity index (χ1v) is 7.41. The zero-order chi connectivity index (χ0) is 13.8. The number of hydrogen-bond donors (Lipinski definition) is 0. The summed E-state index contributed by atoms with van der Waals surface area (Å²) in [5, 5.41) is 0. The van der Waals surface area contributed by atoms with Crippen LogP contribution in [0.3, 0.4) is 0 Å². The van der Waals surface area contributed by atoms with Crippen LogP contribution in [0.25, 0.3) is 0 Å². The number of methoxy groups -OCH3 is 1. The molecular formula is C16H19BrO2. The van der Waals surface area contributed by atoms with Crippen molar-refractivity contribution in [1.82, 2.24) is 0 Å². The highest BCUT2D eigenvalue weighted by molar-refractivity contribution is 9.10. The molecule has 3 heteroatoms. The molecule has 1 aliphatic rings. The van der Waals surface area contributed by atoms with Crippen molar-refractivity contribution in [1.29, 1.82) is 0 Å². The van der Waals surface area contributed by atoms with Crippen molar-refractivity contribution in [2.24, 2.45) is 5.92 Å². The Hall–Kier alpha value is -1.09. The molecule has 0 amide bonds. The van der Waals surface area contributed by atoms with Gasteiger partial charge in [0.25, 0.3) is 0 Å². The quantitative estimate of drug-likeness (QED) is 0.607. The summed E-state index contributed by atoms with van der Waals surface area (Å²) in [6.07, 6.45) is 5.59. The maximum Gasteiger partial charge on any atom is 0.313 e. The molecule has 0 N–H and O–H groups in total. The molecule has 0 saturated carbocycles. The largest absolute Gasteiger partial charge is 0.469 e. The maximum atomic E-state index is 12.1. The Morgan fingerprint density at radius 1 is 1.37 bits per heavy atom. The van der Waals surface area contributed by atoms with E-state index in [1.807, 2.05) is 24.3 Å². The van der Waals surface area contributed by atoms with Gasteiger partial charge >= 0.3 is 5.97 Å². The molecular weight excluding hydrogens is 304 g/mol. The number of carbonyl (C=O) groups excluding carboxylic acids is 1. The van der Waals surface area contributed by atoms with Gasteiger partial charge in [-0.1, -0.05) is 39.7 Å². The standard InChI is InChI=1S/C16H19BrO2/c1-11-4-3-5-13(10-11)15(16(18)19-2)12-6-8-14(17)9-7-12/h6-10,13,15H,3-5H2,1-2H3/t13-,15-/m0/s1. The van der Waals surface area contributed by atoms with E-state index in [1.54, 1.807) is 0 Å². The lowest BCUT2D eigenvalue weighted by molar-refractivity contribution is -0.143. The molecule has 102 valence electrons. The highest BCUT2D eigenvalue weighted by Crippen LogP contribution is 2.35. The first-order valence-electron chi connectivity index (χ1n) is 6.62. The number of allylic oxidation sites excluding steroid dienone is 2. The fraction of sp³-hybridized carbons (Fsp3) is 0.438. The van der Waals surface area contributed by atoms with Crippen molar-refractivity contribution >= 4 is 21.9 Å². The molecule has 2 rings (SSSR count). The highest BCUT2D eigenvalue weighted by atomic mass is 79.9. The van der Waals surface area contributed by atoms with Crippen molar-refractivity contribution in [2.45, 2.75) is 32.1 Å². The predicted molar refractivity (Wildman–Crippen MR) is 80.0 cm³/mol. The molecule has 0 unspecified atom stereocenters. The van der Waals surface area contributed by atoms with E-state index >= 15 is 0 Å². The molecule has 1 aromatic rings. The van der Waals surface area contributed by atoms with Gasteiger partial charge in [-0.2, -0.15) is 0 Å². The van der Waals surface area contributed by atoms with E-state index in [0.29, 0.717) is 0 Å². The summed E-state index contributed by atoms with van der Waals surface area (Å²) >= 11 is 3.43. The van der Waals surface area contributed by atoms with Crippen molar-refractivity contribution in [2.75, 3.05) is 7.11 Å². The molecule has 0 spiro atoms. The zero-order valence-corrected chi connectivity index (χ0v) is 12.9. The van der Waals surface area contributed by atoms with Gasteiger partial charge in [0.05, 0.1) is 13.0 Å². The fourth-order valence-electron chi connectivity index (χ4n) is 2.77. The first-order chi connectivity index (χ1) is 9.11. The van der Waals surface area contributed by atoms with Crippen LogP contribution in [0.5, 0.6) is 0 Å². The molecule has 0 fully saturated rings. The van der Waals surface area contributed by atoms with Crippen LogP contribution in [0.2, 0.25) is 0 Å². The van der Waals surface area contributed by atoms with Gasteiger partial charge in [0.2, 0.25) is 0 Å². The van der Waals surface area contributed by atoms with Gasteiger partial charge in [-0.05, 0) is 49.8 Å². The summed E-state index contributed by atoms with van der Waals surface area (Å²) in [7, 11) is 1.47. The van der Waals surface area contributed by atoms with E-state index in [-0.39, 0.29) is 17.8 Å². The van der Waals surface area contributed by atoms with E-state index in [9.17, 15) is 4.79 Å². The number of halogens is 1. The topological polar surface area (TPSA) is 26.3 Å². The lowest BCUT2D eigenvalue weighted by Gasteiger charge is -2.26. The minimum Gasteiger partial charge on any atom is -0.469 e. The molecule has 0 aromatic heterocycles. The average Bonchev–Trinajstić information content (AvgIpc) is 2.41. The number of rotatable bonds is 3. The molecule has 0 heterocycles. The molecule has 19 heavy (non-hydrogen) atoms. The van der Waals surface area contributed by atoms with Gasteiger partial charge < -0.3 is 4.74 Å². The minimum atomic E-state index is -0.187. The number of carbonyl (C=O) groups is 1. The molecule has 2 atom stereocenters. The Morgan fingerprint density at radius 2 is 2.05 bits per heavy atom. The predicted octanol–water partition coefficient (Wildman–Crippen LogP) is 4.45. The number of benzene rings is 1. The van der Waals surface area contributed by atoms with Gasteiger partial charge in [0.1, 0.15) is 0 Å². The monoisotopic (exact) mass is 322 g/mol. The van der Waals surface area contributed by atoms with Crippen LogP contribution in [-0.4, -0.2) is 13.1 Å². The molecule has 0 bridgehead atoms. The van der Waals surface area contributed by atoms with Crippen molar-refractivity contribution in [3.63, 3.8) is 0 Å². The molecule has 1 aliphatic carbocycles. The summed E-state index contributed by atoms with van der Waals surface area (Å²) in [6.45, 7) is 2.14. The van der Waals surface area contributed by atoms with Gasteiger partial charge in [0, 0.05) is 4.47 Å². The third-order valence-corrected chi connectivity index (χ3v) is 4.25. The van der Waals surface area contributed by atoms with Crippen LogP contribution < -0.4 is 0 Å². The summed E-state index contributed by atoms with van der Waals surface area (Å²) in [5.74, 6) is -0.0750. The summed E-state index contributed by atoms with van der Waals surface area (Å²) in [5.41, 5.74) is 2.41. The Labute approximate surface area is 123 Å². The van der Waals surface area contributed by atoms with Gasteiger partial charge in [0.15, 0.2) is 0 Å². The SMILES string of the molecule is COC(=O)[C@@H](c1ccc(Br)cc1)[C@@H]1C=C(C)CCC1. The summed E-state index contributed by atoms with van der Waals surface area (Å²) in [6, 6.07) is 7.96. The normalized spacial score (nSPS) is 20.6. The number of esters is 1. The summed E-state index contributed by atoms with van der Waals surface area (Å²) in [4.78, 5) is 12.1. The van der Waals surface area contributed by atoms with Crippen LogP contribution in [0.15, 0.2) is 40.4 Å². The van der Waals surface area contributed by atoms with Crippen molar-refractivity contribution in [3.8, 4) is 0 Å². The third kappa shape index (κ3) is 3.47. The molecule has 1 aromatic carbocycles. The van der Waals surface area contributed by atoms with Gasteiger partial charge in [-0.3, -0.25) is 4.79 Å². The van der Waals surface area contributed by atoms with Gasteiger partial charge in [-0.15, -0.1) is 0 Å².